The predicted octanol–water partition coefficient (Wildman–Crippen LogP) is 2.16. The molecular weight excluding hydrogens is 216 g/mol. The van der Waals surface area contributed by atoms with Gasteiger partial charge in [0.05, 0.1) is 0 Å². The largest absolute Gasteiger partial charge is 0.482 e. The van der Waals surface area contributed by atoms with Gasteiger partial charge < -0.3 is 15.7 Å². The molecule has 17 heavy (non-hydrogen) atoms. The molecule has 1 aliphatic rings. The average Bonchev–Trinajstić information content (AvgIpc) is 2.38. The second-order valence-electron chi connectivity index (χ2n) is 4.05. The van der Waals surface area contributed by atoms with Crippen LogP contribution in [0.15, 0.2) is 29.4 Å². The molecule has 2 rings (SSSR count). The molecule has 0 radical (unpaired) electrons. The molecule has 90 valence electrons. The fourth-order valence-electron chi connectivity index (χ4n) is 1.89. The summed E-state index contributed by atoms with van der Waals surface area (Å²) in [7, 11) is 0. The molecule has 1 aromatic carbocycles. The minimum absolute atomic E-state index is 0.0777. The van der Waals surface area contributed by atoms with Gasteiger partial charge in [-0.3, -0.25) is 0 Å². The number of benzene rings is 1. The van der Waals surface area contributed by atoms with E-state index in [1.807, 2.05) is 12.1 Å². The van der Waals surface area contributed by atoms with Crippen molar-refractivity contribution in [3.8, 4) is 5.75 Å². The minimum atomic E-state index is -0.433. The molecule has 1 atom stereocenters. The summed E-state index contributed by atoms with van der Waals surface area (Å²) in [5.74, 6) is 0.889. The van der Waals surface area contributed by atoms with Crippen LogP contribution >= 0.6 is 0 Å². The lowest BCUT2D eigenvalue weighted by Crippen LogP contribution is -2.31. The molecule has 0 fully saturated rings. The Morgan fingerprint density at radius 1 is 1.53 bits per heavy atom. The molecule has 0 spiro atoms. The monoisotopic (exact) mass is 232 g/mol. The molecule has 0 saturated heterocycles. The van der Waals surface area contributed by atoms with Crippen LogP contribution in [0.2, 0.25) is 0 Å². The average molecular weight is 232 g/mol. The Morgan fingerprint density at radius 3 is 3.12 bits per heavy atom. The van der Waals surface area contributed by atoms with Gasteiger partial charge in [0.15, 0.2) is 11.9 Å². The molecule has 0 aromatic heterocycles. The smallest absolute Gasteiger partial charge is 0.180 e. The summed E-state index contributed by atoms with van der Waals surface area (Å²) in [6.45, 7) is 1.76. The van der Waals surface area contributed by atoms with E-state index < -0.39 is 6.10 Å². The first kappa shape index (κ1) is 11.5. The standard InChI is InChI=1S/C13H16N2O2/c1-9(13(14)15-16)17-12-8-4-6-10-5-2-3-7-11(10)12/h2,4-6,8-9,16H,3,7H2,1H3,(H2,14,15). The molecule has 0 bridgehead atoms. The fourth-order valence-corrected chi connectivity index (χ4v) is 1.89. The van der Waals surface area contributed by atoms with Crippen molar-refractivity contribution < 1.29 is 9.94 Å². The molecule has 0 aliphatic heterocycles. The number of ether oxygens (including phenoxy) is 1. The van der Waals surface area contributed by atoms with Crippen LogP contribution in [0.3, 0.4) is 0 Å². The molecule has 1 aromatic rings. The third kappa shape index (κ3) is 2.41. The van der Waals surface area contributed by atoms with Crippen LogP contribution in [0.25, 0.3) is 6.08 Å². The van der Waals surface area contributed by atoms with Crippen LogP contribution in [0, 0.1) is 0 Å². The van der Waals surface area contributed by atoms with Gasteiger partial charge in [0.25, 0.3) is 0 Å². The molecule has 0 heterocycles. The fraction of sp³-hybridized carbons (Fsp3) is 0.308. The number of nitrogens with zero attached hydrogens (tertiary/aromatic N) is 1. The maximum atomic E-state index is 8.59. The van der Waals surface area contributed by atoms with Gasteiger partial charge in [-0.15, -0.1) is 0 Å². The van der Waals surface area contributed by atoms with E-state index in [0.717, 1.165) is 18.6 Å². The minimum Gasteiger partial charge on any atom is -0.482 e. The topological polar surface area (TPSA) is 67.8 Å². The van der Waals surface area contributed by atoms with Gasteiger partial charge in [0, 0.05) is 5.56 Å². The number of hydrogen-bond acceptors (Lipinski definition) is 3. The van der Waals surface area contributed by atoms with E-state index in [0.29, 0.717) is 0 Å². The zero-order valence-corrected chi connectivity index (χ0v) is 9.76. The maximum Gasteiger partial charge on any atom is 0.180 e. The van der Waals surface area contributed by atoms with Crippen molar-refractivity contribution in [3.05, 3.63) is 35.4 Å². The quantitative estimate of drug-likeness (QED) is 0.363. The Balaban J connectivity index is 2.25. The second kappa shape index (κ2) is 4.91. The van der Waals surface area contributed by atoms with Gasteiger partial charge in [-0.05, 0) is 31.4 Å². The van der Waals surface area contributed by atoms with Crippen molar-refractivity contribution in [1.82, 2.24) is 0 Å². The summed E-state index contributed by atoms with van der Waals surface area (Å²) >= 11 is 0. The normalized spacial score (nSPS) is 16.4. The van der Waals surface area contributed by atoms with Crippen LogP contribution in [-0.2, 0) is 6.42 Å². The van der Waals surface area contributed by atoms with Gasteiger partial charge in [-0.1, -0.05) is 29.4 Å². The van der Waals surface area contributed by atoms with Crippen molar-refractivity contribution in [2.45, 2.75) is 25.9 Å². The third-order valence-electron chi connectivity index (χ3n) is 2.86. The zero-order valence-electron chi connectivity index (χ0n) is 9.76. The summed E-state index contributed by atoms with van der Waals surface area (Å²) in [6, 6.07) is 5.92. The van der Waals surface area contributed by atoms with Crippen molar-refractivity contribution in [2.24, 2.45) is 10.9 Å². The number of oxime groups is 1. The Bertz CT molecular complexity index is 466. The number of fused-ring (bicyclic) bond motifs is 1. The molecule has 1 aliphatic carbocycles. The molecule has 1 unspecified atom stereocenters. The Morgan fingerprint density at radius 2 is 2.35 bits per heavy atom. The van der Waals surface area contributed by atoms with E-state index in [1.165, 1.54) is 11.1 Å². The maximum absolute atomic E-state index is 8.59. The van der Waals surface area contributed by atoms with Crippen molar-refractivity contribution in [1.29, 1.82) is 0 Å². The highest BCUT2D eigenvalue weighted by molar-refractivity contribution is 5.84. The van der Waals surface area contributed by atoms with Gasteiger partial charge in [0.2, 0.25) is 0 Å². The number of hydrogen-bond donors (Lipinski definition) is 2. The first-order valence-corrected chi connectivity index (χ1v) is 5.65. The lowest BCUT2D eigenvalue weighted by molar-refractivity contribution is 0.263. The molecule has 0 saturated carbocycles. The highest BCUT2D eigenvalue weighted by Crippen LogP contribution is 2.28. The van der Waals surface area contributed by atoms with E-state index in [9.17, 15) is 0 Å². The number of allylic oxidation sites excluding steroid dienone is 1. The first-order chi connectivity index (χ1) is 8.22. The summed E-state index contributed by atoms with van der Waals surface area (Å²) in [5.41, 5.74) is 7.87. The van der Waals surface area contributed by atoms with Gasteiger partial charge >= 0.3 is 0 Å². The van der Waals surface area contributed by atoms with Crippen LogP contribution in [0.4, 0.5) is 0 Å². The number of amidine groups is 1. The first-order valence-electron chi connectivity index (χ1n) is 5.65. The molecule has 0 amide bonds. The van der Waals surface area contributed by atoms with Crippen LogP contribution in [0.5, 0.6) is 5.75 Å². The van der Waals surface area contributed by atoms with E-state index in [-0.39, 0.29) is 5.84 Å². The lowest BCUT2D eigenvalue weighted by atomic mass is 9.96. The molecule has 3 N–H and O–H groups in total. The van der Waals surface area contributed by atoms with E-state index >= 15 is 0 Å². The lowest BCUT2D eigenvalue weighted by Gasteiger charge is -2.19. The van der Waals surface area contributed by atoms with Crippen LogP contribution < -0.4 is 10.5 Å². The summed E-state index contributed by atoms with van der Waals surface area (Å²) in [6.07, 6.45) is 5.80. The van der Waals surface area contributed by atoms with E-state index in [2.05, 4.69) is 23.4 Å². The summed E-state index contributed by atoms with van der Waals surface area (Å²) in [4.78, 5) is 0. The second-order valence-corrected chi connectivity index (χ2v) is 4.05. The predicted molar refractivity (Wildman–Crippen MR) is 67.3 cm³/mol. The molecular formula is C13H16N2O2. The third-order valence-corrected chi connectivity index (χ3v) is 2.86. The van der Waals surface area contributed by atoms with Gasteiger partial charge in [-0.2, -0.15) is 0 Å². The van der Waals surface area contributed by atoms with E-state index in [1.54, 1.807) is 6.92 Å². The number of nitrogens with two attached hydrogens (primary N) is 1. The highest BCUT2D eigenvalue weighted by Gasteiger charge is 2.15. The van der Waals surface area contributed by atoms with Crippen molar-refractivity contribution >= 4 is 11.9 Å². The SMILES string of the molecule is CC(Oc1cccc2c1CCC=C2)C(N)=NO. The molecule has 4 nitrogen and oxygen atoms in total. The Kier molecular flexibility index (Phi) is 3.32. The Labute approximate surface area is 100 Å². The van der Waals surface area contributed by atoms with E-state index in [4.69, 9.17) is 15.7 Å². The van der Waals surface area contributed by atoms with Gasteiger partial charge in [-0.25, -0.2) is 0 Å². The summed E-state index contributed by atoms with van der Waals surface area (Å²) < 4.78 is 5.72. The van der Waals surface area contributed by atoms with Crippen molar-refractivity contribution in [2.75, 3.05) is 0 Å². The van der Waals surface area contributed by atoms with Gasteiger partial charge in [0.1, 0.15) is 5.75 Å². The van der Waals surface area contributed by atoms with Crippen LogP contribution in [0.1, 0.15) is 24.5 Å². The zero-order chi connectivity index (χ0) is 12.3. The summed E-state index contributed by atoms with van der Waals surface area (Å²) in [5, 5.41) is 11.5. The molecule has 4 heteroatoms. The van der Waals surface area contributed by atoms with Crippen molar-refractivity contribution in [3.63, 3.8) is 0 Å². The van der Waals surface area contributed by atoms with Crippen LogP contribution in [-0.4, -0.2) is 17.1 Å². The highest BCUT2D eigenvalue weighted by atomic mass is 16.5. The number of rotatable bonds is 3. The Hall–Kier alpha value is -1.97.